The number of aliphatic hydroxyl groups is 1. The van der Waals surface area contributed by atoms with Crippen molar-refractivity contribution in [3.63, 3.8) is 0 Å². The predicted octanol–water partition coefficient (Wildman–Crippen LogP) is 0.743. The van der Waals surface area contributed by atoms with Crippen molar-refractivity contribution < 1.29 is 39.0 Å². The third-order valence-corrected chi connectivity index (χ3v) is 5.68. The maximum absolute atomic E-state index is 13.3. The Balaban J connectivity index is 1.75. The number of nitrogens with one attached hydrogen (secondary N) is 2. The highest BCUT2D eigenvalue weighted by Gasteiger charge is 2.31. The van der Waals surface area contributed by atoms with Gasteiger partial charge in [-0.25, -0.2) is 14.8 Å². The summed E-state index contributed by atoms with van der Waals surface area (Å²) in [5.74, 6) is -1.70. The van der Waals surface area contributed by atoms with E-state index in [1.807, 2.05) is 6.07 Å². The Morgan fingerprint density at radius 3 is 2.44 bits per heavy atom. The van der Waals surface area contributed by atoms with Gasteiger partial charge in [-0.2, -0.15) is 0 Å². The number of carboxylic acid groups (broad SMARTS) is 1. The Morgan fingerprint density at radius 1 is 1.08 bits per heavy atom. The number of anilines is 1. The van der Waals surface area contributed by atoms with Gasteiger partial charge in [0.1, 0.15) is 17.6 Å². The molecule has 210 valence electrons. The summed E-state index contributed by atoms with van der Waals surface area (Å²) in [6.07, 6.45) is -1.31. The lowest BCUT2D eigenvalue weighted by atomic mass is 10.1. The number of ether oxygens (including phenoxy) is 1. The van der Waals surface area contributed by atoms with E-state index < -0.39 is 30.0 Å². The molecule has 0 bridgehead atoms. The number of benzene rings is 1. The number of carbonyl (C=O) groups is 4. The summed E-state index contributed by atoms with van der Waals surface area (Å²) in [5.41, 5.74) is 0.616. The van der Waals surface area contributed by atoms with E-state index in [4.69, 9.17) is 9.57 Å². The molecule has 1 atom stereocenters. The average Bonchev–Trinajstić information content (AvgIpc) is 2.94. The quantitative estimate of drug-likeness (QED) is 0.275. The monoisotopic (exact) mass is 544 g/mol. The molecule has 14 heteroatoms. The standard InChI is InChI=1S/C25H32N6O8/c1-2-38-25(37)39-31-13-11-30(12-14-31)24(36)18(8-9-21(33)34)28-23(35)19-16-20(26-10-15-32)29-22(27-19)17-6-4-3-5-7-17/h3-7,16,18,32H,2,8-15H2,1H3,(H,28,35)(H,33,34)(H,26,27,29)/t18-/m0/s1. The molecule has 1 aromatic carbocycles. The van der Waals surface area contributed by atoms with Gasteiger partial charge in [0.2, 0.25) is 5.91 Å². The number of piperazine rings is 1. The molecule has 1 aromatic heterocycles. The van der Waals surface area contributed by atoms with E-state index in [0.29, 0.717) is 11.4 Å². The number of carboxylic acids is 1. The van der Waals surface area contributed by atoms with Crippen LogP contribution in [0, 0.1) is 0 Å². The average molecular weight is 545 g/mol. The van der Waals surface area contributed by atoms with Gasteiger partial charge >= 0.3 is 12.1 Å². The molecule has 3 rings (SSSR count). The zero-order valence-corrected chi connectivity index (χ0v) is 21.5. The Kier molecular flexibility index (Phi) is 10.9. The highest BCUT2D eigenvalue weighted by Crippen LogP contribution is 2.18. The Hall–Kier alpha value is -4.30. The molecule has 39 heavy (non-hydrogen) atoms. The van der Waals surface area contributed by atoms with Gasteiger partial charge < -0.3 is 35.3 Å². The highest BCUT2D eigenvalue weighted by molar-refractivity contribution is 5.97. The first-order chi connectivity index (χ1) is 18.8. The van der Waals surface area contributed by atoms with Crippen LogP contribution >= 0.6 is 0 Å². The zero-order valence-electron chi connectivity index (χ0n) is 21.5. The number of hydroxylamine groups is 2. The fraction of sp³-hybridized carbons (Fsp3) is 0.440. The summed E-state index contributed by atoms with van der Waals surface area (Å²) in [6.45, 7) is 2.68. The van der Waals surface area contributed by atoms with Crippen LogP contribution in [-0.2, 0) is 19.2 Å². The molecule has 0 spiro atoms. The number of aromatic nitrogens is 2. The molecule has 0 radical (unpaired) electrons. The van der Waals surface area contributed by atoms with Gasteiger partial charge in [0.25, 0.3) is 5.91 Å². The first-order valence-corrected chi connectivity index (χ1v) is 12.5. The van der Waals surface area contributed by atoms with Crippen molar-refractivity contribution in [1.29, 1.82) is 0 Å². The maximum Gasteiger partial charge on any atom is 0.527 e. The molecule has 0 saturated carbocycles. The molecular formula is C25H32N6O8. The molecule has 0 aliphatic carbocycles. The van der Waals surface area contributed by atoms with Gasteiger partial charge in [0.15, 0.2) is 5.82 Å². The van der Waals surface area contributed by atoms with Crippen LogP contribution in [0.1, 0.15) is 30.3 Å². The van der Waals surface area contributed by atoms with Gasteiger partial charge in [-0.3, -0.25) is 14.4 Å². The molecule has 1 fully saturated rings. The summed E-state index contributed by atoms with van der Waals surface area (Å²) >= 11 is 0. The zero-order chi connectivity index (χ0) is 28.2. The van der Waals surface area contributed by atoms with E-state index in [0.717, 1.165) is 0 Å². The molecule has 1 aliphatic rings. The lowest BCUT2D eigenvalue weighted by Gasteiger charge is -2.35. The van der Waals surface area contributed by atoms with Crippen molar-refractivity contribution in [2.75, 3.05) is 51.3 Å². The molecule has 0 unspecified atom stereocenters. The lowest BCUT2D eigenvalue weighted by molar-refractivity contribution is -0.157. The summed E-state index contributed by atoms with van der Waals surface area (Å²) in [7, 11) is 0. The smallest absolute Gasteiger partial charge is 0.481 e. The van der Waals surface area contributed by atoms with Crippen LogP contribution in [0.4, 0.5) is 10.6 Å². The number of aliphatic carboxylic acids is 1. The Morgan fingerprint density at radius 2 is 1.79 bits per heavy atom. The van der Waals surface area contributed by atoms with Crippen molar-refractivity contribution >= 4 is 29.8 Å². The Labute approximate surface area is 224 Å². The summed E-state index contributed by atoms with van der Waals surface area (Å²) in [6, 6.07) is 9.23. The molecule has 2 aromatic rings. The molecule has 2 heterocycles. The second-order valence-corrected chi connectivity index (χ2v) is 8.47. The molecule has 1 aliphatic heterocycles. The molecule has 14 nitrogen and oxygen atoms in total. The number of carbonyl (C=O) groups excluding carboxylic acids is 3. The second kappa shape index (κ2) is 14.6. The van der Waals surface area contributed by atoms with E-state index >= 15 is 0 Å². The van der Waals surface area contributed by atoms with E-state index in [1.165, 1.54) is 16.0 Å². The minimum Gasteiger partial charge on any atom is -0.481 e. The summed E-state index contributed by atoms with van der Waals surface area (Å²) < 4.78 is 4.75. The van der Waals surface area contributed by atoms with Gasteiger partial charge in [-0.15, -0.1) is 5.06 Å². The van der Waals surface area contributed by atoms with Crippen molar-refractivity contribution in [1.82, 2.24) is 25.2 Å². The fourth-order valence-electron chi connectivity index (χ4n) is 3.78. The Bertz CT molecular complexity index is 1140. The van der Waals surface area contributed by atoms with Crippen LogP contribution in [0.5, 0.6) is 0 Å². The van der Waals surface area contributed by atoms with Crippen molar-refractivity contribution in [2.45, 2.75) is 25.8 Å². The van der Waals surface area contributed by atoms with Gasteiger partial charge in [-0.1, -0.05) is 30.3 Å². The minimum absolute atomic E-state index is 0.0370. The molecule has 1 saturated heterocycles. The molecule has 4 N–H and O–H groups in total. The SMILES string of the molecule is CCOC(=O)ON1CCN(C(=O)[C@H](CCC(=O)O)NC(=O)c2cc(NCCO)nc(-c3ccccc3)n2)CC1. The third-order valence-electron chi connectivity index (χ3n) is 5.68. The van der Waals surface area contributed by atoms with Crippen LogP contribution in [0.3, 0.4) is 0 Å². The van der Waals surface area contributed by atoms with Crippen LogP contribution < -0.4 is 10.6 Å². The van der Waals surface area contributed by atoms with Crippen LogP contribution in [-0.4, -0.2) is 106 Å². The maximum atomic E-state index is 13.3. The van der Waals surface area contributed by atoms with Gasteiger partial charge in [0.05, 0.1) is 26.3 Å². The highest BCUT2D eigenvalue weighted by atomic mass is 16.8. The summed E-state index contributed by atoms with van der Waals surface area (Å²) in [5, 5.41) is 25.3. The van der Waals surface area contributed by atoms with Crippen molar-refractivity contribution in [3.8, 4) is 11.4 Å². The topological polar surface area (TPSA) is 184 Å². The number of hydrogen-bond donors (Lipinski definition) is 4. The fourth-order valence-corrected chi connectivity index (χ4v) is 3.78. The van der Waals surface area contributed by atoms with Crippen molar-refractivity contribution in [2.24, 2.45) is 0 Å². The van der Waals surface area contributed by atoms with E-state index in [-0.39, 0.29) is 70.3 Å². The number of hydrogen-bond acceptors (Lipinski definition) is 11. The van der Waals surface area contributed by atoms with Gasteiger partial charge in [0, 0.05) is 37.7 Å². The van der Waals surface area contributed by atoms with Crippen molar-refractivity contribution in [3.05, 3.63) is 42.1 Å². The largest absolute Gasteiger partial charge is 0.527 e. The predicted molar refractivity (Wildman–Crippen MR) is 137 cm³/mol. The van der Waals surface area contributed by atoms with E-state index in [1.54, 1.807) is 31.2 Å². The third kappa shape index (κ3) is 8.90. The van der Waals surface area contributed by atoms with Gasteiger partial charge in [-0.05, 0) is 13.3 Å². The first kappa shape index (κ1) is 29.3. The number of amides is 2. The number of rotatable bonds is 12. The minimum atomic E-state index is -1.13. The van der Waals surface area contributed by atoms with E-state index in [2.05, 4.69) is 20.6 Å². The summed E-state index contributed by atoms with van der Waals surface area (Å²) in [4.78, 5) is 64.6. The number of aliphatic hydroxyl groups excluding tert-OH is 1. The van der Waals surface area contributed by atoms with Crippen LogP contribution in [0.2, 0.25) is 0 Å². The van der Waals surface area contributed by atoms with Crippen LogP contribution in [0.15, 0.2) is 36.4 Å². The second-order valence-electron chi connectivity index (χ2n) is 8.47. The normalized spacial score (nSPS) is 14.3. The van der Waals surface area contributed by atoms with Crippen LogP contribution in [0.25, 0.3) is 11.4 Å². The lowest BCUT2D eigenvalue weighted by Crippen LogP contribution is -2.55. The molecular weight excluding hydrogens is 512 g/mol. The van der Waals surface area contributed by atoms with E-state index in [9.17, 15) is 29.4 Å². The first-order valence-electron chi connectivity index (χ1n) is 12.5. The number of nitrogens with zero attached hydrogens (tertiary/aromatic N) is 4. The molecule has 2 amide bonds.